The number of nitrogens with zero attached hydrogens (tertiary/aromatic N) is 2. The van der Waals surface area contributed by atoms with Crippen LogP contribution in [0, 0.1) is 0 Å². The quantitative estimate of drug-likeness (QED) is 0.478. The van der Waals surface area contributed by atoms with E-state index in [1.165, 1.54) is 4.88 Å². The second-order valence-corrected chi connectivity index (χ2v) is 9.53. The van der Waals surface area contributed by atoms with Crippen molar-refractivity contribution in [1.82, 2.24) is 0 Å². The number of carbonyl (C=O) groups is 2. The van der Waals surface area contributed by atoms with E-state index in [-0.39, 0.29) is 23.9 Å². The SMILES string of the molecule is CC(=O)N(c1ccccc1)[C@H]1C[C@@H](C)N(C(=O)c2ccc(C(C)C)s2)c2ccccc21. The summed E-state index contributed by atoms with van der Waals surface area (Å²) in [6, 6.07) is 21.6. The summed E-state index contributed by atoms with van der Waals surface area (Å²) >= 11 is 1.57. The number of rotatable bonds is 4. The first-order valence-corrected chi connectivity index (χ1v) is 11.6. The Hall–Kier alpha value is -2.92. The zero-order valence-electron chi connectivity index (χ0n) is 18.4. The summed E-state index contributed by atoms with van der Waals surface area (Å²) in [5.41, 5.74) is 2.77. The molecule has 5 heteroatoms. The average molecular weight is 433 g/mol. The predicted molar refractivity (Wildman–Crippen MR) is 128 cm³/mol. The molecule has 0 radical (unpaired) electrons. The van der Waals surface area contributed by atoms with Crippen molar-refractivity contribution in [3.05, 3.63) is 82.0 Å². The number of carbonyl (C=O) groups excluding carboxylic acids is 2. The minimum absolute atomic E-state index is 0.00203. The average Bonchev–Trinajstić information content (AvgIpc) is 3.25. The van der Waals surface area contributed by atoms with Crippen LogP contribution in [0.2, 0.25) is 0 Å². The maximum atomic E-state index is 13.5. The molecule has 0 saturated heterocycles. The lowest BCUT2D eigenvalue weighted by atomic mass is 9.89. The van der Waals surface area contributed by atoms with E-state index in [1.807, 2.05) is 70.5 Å². The largest absolute Gasteiger partial charge is 0.305 e. The Kier molecular flexibility index (Phi) is 5.96. The van der Waals surface area contributed by atoms with Gasteiger partial charge in [0, 0.05) is 29.2 Å². The number of thiophene rings is 1. The van der Waals surface area contributed by atoms with Gasteiger partial charge in [0.2, 0.25) is 5.91 Å². The summed E-state index contributed by atoms with van der Waals surface area (Å²) in [7, 11) is 0. The first kappa shape index (κ1) is 21.3. The smallest absolute Gasteiger partial charge is 0.268 e. The van der Waals surface area contributed by atoms with Crippen molar-refractivity contribution in [2.24, 2.45) is 0 Å². The van der Waals surface area contributed by atoms with Crippen LogP contribution < -0.4 is 9.80 Å². The van der Waals surface area contributed by atoms with Gasteiger partial charge in [-0.15, -0.1) is 11.3 Å². The molecule has 2 amide bonds. The Labute approximate surface area is 188 Å². The van der Waals surface area contributed by atoms with Crippen LogP contribution >= 0.6 is 11.3 Å². The number of amides is 2. The number of anilines is 2. The lowest BCUT2D eigenvalue weighted by Crippen LogP contribution is -2.47. The van der Waals surface area contributed by atoms with E-state index in [1.54, 1.807) is 18.3 Å². The Morgan fingerprint density at radius 1 is 1.00 bits per heavy atom. The van der Waals surface area contributed by atoms with Crippen molar-refractivity contribution in [3.8, 4) is 0 Å². The highest BCUT2D eigenvalue weighted by atomic mass is 32.1. The van der Waals surface area contributed by atoms with E-state index in [0.717, 1.165) is 21.8 Å². The van der Waals surface area contributed by atoms with Crippen molar-refractivity contribution in [1.29, 1.82) is 0 Å². The Morgan fingerprint density at radius 3 is 2.32 bits per heavy atom. The summed E-state index contributed by atoms with van der Waals surface area (Å²) in [6.07, 6.45) is 0.680. The molecule has 2 aromatic carbocycles. The van der Waals surface area contributed by atoms with Gasteiger partial charge < -0.3 is 9.80 Å². The van der Waals surface area contributed by atoms with Crippen LogP contribution in [-0.2, 0) is 4.79 Å². The van der Waals surface area contributed by atoms with Crippen LogP contribution in [0.5, 0.6) is 0 Å². The second kappa shape index (κ2) is 8.67. The van der Waals surface area contributed by atoms with E-state index in [9.17, 15) is 9.59 Å². The van der Waals surface area contributed by atoms with Gasteiger partial charge >= 0.3 is 0 Å². The summed E-state index contributed by atoms with van der Waals surface area (Å²) in [6.45, 7) is 7.96. The maximum absolute atomic E-state index is 13.5. The molecule has 3 aromatic rings. The highest BCUT2D eigenvalue weighted by Gasteiger charge is 2.38. The molecule has 0 N–H and O–H groups in total. The molecule has 0 aliphatic carbocycles. The van der Waals surface area contributed by atoms with E-state index in [4.69, 9.17) is 0 Å². The van der Waals surface area contributed by atoms with Crippen LogP contribution in [0.1, 0.15) is 66.2 Å². The van der Waals surface area contributed by atoms with Crippen molar-refractivity contribution < 1.29 is 9.59 Å². The summed E-state index contributed by atoms with van der Waals surface area (Å²) in [4.78, 5) is 32.0. The van der Waals surface area contributed by atoms with E-state index in [0.29, 0.717) is 12.3 Å². The van der Waals surface area contributed by atoms with Crippen molar-refractivity contribution in [2.45, 2.75) is 52.1 Å². The first-order valence-electron chi connectivity index (χ1n) is 10.8. The van der Waals surface area contributed by atoms with Gasteiger partial charge in [0.15, 0.2) is 0 Å². The molecular formula is C26H28N2O2S. The lowest BCUT2D eigenvalue weighted by Gasteiger charge is -2.43. The minimum Gasteiger partial charge on any atom is -0.305 e. The molecule has 4 rings (SSSR count). The Bertz CT molecular complexity index is 1090. The molecule has 1 aliphatic heterocycles. The van der Waals surface area contributed by atoms with Gasteiger partial charge in [-0.25, -0.2) is 0 Å². The number of fused-ring (bicyclic) bond motifs is 1. The molecule has 2 atom stereocenters. The lowest BCUT2D eigenvalue weighted by molar-refractivity contribution is -0.117. The standard InChI is InChI=1S/C26H28N2O2S/c1-17(2)24-14-15-25(31-24)26(30)27-18(3)16-23(21-12-8-9-13-22(21)27)28(19(4)29)20-10-6-5-7-11-20/h5-15,17-18,23H,16H2,1-4H3/t18-,23+/m1/s1. The molecule has 4 nitrogen and oxygen atoms in total. The summed E-state index contributed by atoms with van der Waals surface area (Å²) in [5, 5.41) is 0. The molecule has 0 fully saturated rings. The van der Waals surface area contributed by atoms with Gasteiger partial charge in [0.05, 0.1) is 10.9 Å². The van der Waals surface area contributed by atoms with Crippen molar-refractivity contribution >= 4 is 34.5 Å². The van der Waals surface area contributed by atoms with Crippen LogP contribution in [0.15, 0.2) is 66.7 Å². The maximum Gasteiger partial charge on any atom is 0.268 e. The zero-order valence-corrected chi connectivity index (χ0v) is 19.2. The summed E-state index contributed by atoms with van der Waals surface area (Å²) < 4.78 is 0. The molecule has 0 bridgehead atoms. The van der Waals surface area contributed by atoms with E-state index in [2.05, 4.69) is 26.8 Å². The van der Waals surface area contributed by atoms with Gasteiger partial charge in [-0.3, -0.25) is 9.59 Å². The minimum atomic E-state index is -0.121. The van der Waals surface area contributed by atoms with E-state index < -0.39 is 0 Å². The fourth-order valence-corrected chi connectivity index (χ4v) is 5.35. The predicted octanol–water partition coefficient (Wildman–Crippen LogP) is 6.40. The molecule has 2 heterocycles. The van der Waals surface area contributed by atoms with Crippen LogP contribution in [0.4, 0.5) is 11.4 Å². The normalized spacial score (nSPS) is 18.0. The third kappa shape index (κ3) is 4.02. The molecule has 0 spiro atoms. The fourth-order valence-electron chi connectivity index (χ4n) is 4.40. The van der Waals surface area contributed by atoms with E-state index >= 15 is 0 Å². The number of hydrogen-bond acceptors (Lipinski definition) is 3. The van der Waals surface area contributed by atoms with Crippen LogP contribution in [0.3, 0.4) is 0 Å². The fraction of sp³-hybridized carbons (Fsp3) is 0.308. The molecule has 0 saturated carbocycles. The molecule has 160 valence electrons. The molecule has 31 heavy (non-hydrogen) atoms. The summed E-state index contributed by atoms with van der Waals surface area (Å²) in [5.74, 6) is 0.430. The monoisotopic (exact) mass is 432 g/mol. The van der Waals surface area contributed by atoms with Crippen LogP contribution in [0.25, 0.3) is 0 Å². The van der Waals surface area contributed by atoms with Gasteiger partial charge in [-0.05, 0) is 55.2 Å². The first-order chi connectivity index (χ1) is 14.9. The molecular weight excluding hydrogens is 404 g/mol. The van der Waals surface area contributed by atoms with Crippen molar-refractivity contribution in [3.63, 3.8) is 0 Å². The van der Waals surface area contributed by atoms with Crippen LogP contribution in [-0.4, -0.2) is 17.9 Å². The third-order valence-electron chi connectivity index (χ3n) is 5.87. The zero-order chi connectivity index (χ0) is 22.1. The number of para-hydroxylation sites is 2. The van der Waals surface area contributed by atoms with Gasteiger partial charge in [-0.1, -0.05) is 50.2 Å². The second-order valence-electron chi connectivity index (χ2n) is 8.42. The highest BCUT2D eigenvalue weighted by molar-refractivity contribution is 7.14. The van der Waals surface area contributed by atoms with Crippen molar-refractivity contribution in [2.75, 3.05) is 9.80 Å². The number of benzene rings is 2. The molecule has 1 aliphatic rings. The van der Waals surface area contributed by atoms with Gasteiger partial charge in [0.1, 0.15) is 0 Å². The third-order valence-corrected chi connectivity index (χ3v) is 7.24. The Balaban J connectivity index is 1.75. The highest BCUT2D eigenvalue weighted by Crippen LogP contribution is 2.43. The molecule has 1 aromatic heterocycles. The van der Waals surface area contributed by atoms with Gasteiger partial charge in [-0.2, -0.15) is 0 Å². The molecule has 0 unspecified atom stereocenters. The van der Waals surface area contributed by atoms with Gasteiger partial charge in [0.25, 0.3) is 5.91 Å². The Morgan fingerprint density at radius 2 is 1.68 bits per heavy atom. The number of hydrogen-bond donors (Lipinski definition) is 0. The topological polar surface area (TPSA) is 40.6 Å².